The lowest BCUT2D eigenvalue weighted by Crippen LogP contribution is -2.35. The molecule has 0 spiro atoms. The van der Waals surface area contributed by atoms with Crippen molar-refractivity contribution in [1.82, 2.24) is 10.2 Å². The van der Waals surface area contributed by atoms with Gasteiger partial charge in [-0.1, -0.05) is 29.8 Å². The van der Waals surface area contributed by atoms with Crippen LogP contribution in [-0.2, 0) is 25.7 Å². The summed E-state index contributed by atoms with van der Waals surface area (Å²) < 4.78 is 15.7. The molecule has 2 amide bonds. The van der Waals surface area contributed by atoms with Gasteiger partial charge in [-0.2, -0.15) is 0 Å². The summed E-state index contributed by atoms with van der Waals surface area (Å²) in [5, 5.41) is 3.26. The Hall–Kier alpha value is -3.26. The Morgan fingerprint density at radius 1 is 1.03 bits per heavy atom. The van der Waals surface area contributed by atoms with E-state index in [1.165, 1.54) is 6.92 Å². The zero-order valence-corrected chi connectivity index (χ0v) is 20.0. The quantitative estimate of drug-likeness (QED) is 0.499. The van der Waals surface area contributed by atoms with Gasteiger partial charge in [0.25, 0.3) is 5.91 Å². The van der Waals surface area contributed by atoms with Gasteiger partial charge in [0.05, 0.1) is 26.7 Å². The Morgan fingerprint density at radius 2 is 1.70 bits per heavy atom. The van der Waals surface area contributed by atoms with Gasteiger partial charge >= 0.3 is 5.97 Å². The van der Waals surface area contributed by atoms with Crippen molar-refractivity contribution < 1.29 is 28.6 Å². The molecule has 0 radical (unpaired) electrons. The predicted octanol–water partition coefficient (Wildman–Crippen LogP) is 3.52. The molecule has 178 valence electrons. The van der Waals surface area contributed by atoms with Crippen LogP contribution < -0.4 is 14.8 Å². The number of carbonyl (C=O) groups excluding carboxylic acids is 3. The molecule has 0 saturated heterocycles. The minimum atomic E-state index is -0.598. The van der Waals surface area contributed by atoms with E-state index in [9.17, 15) is 14.4 Å². The van der Waals surface area contributed by atoms with Crippen LogP contribution in [0.4, 0.5) is 0 Å². The van der Waals surface area contributed by atoms with Crippen LogP contribution in [0.25, 0.3) is 0 Å². The van der Waals surface area contributed by atoms with Crippen LogP contribution in [0.3, 0.4) is 0 Å². The second-order valence-electron chi connectivity index (χ2n) is 7.27. The molecule has 0 bridgehead atoms. The zero-order chi connectivity index (χ0) is 24.4. The van der Waals surface area contributed by atoms with E-state index in [2.05, 4.69) is 5.32 Å². The Balaban J connectivity index is 1.97. The highest BCUT2D eigenvalue weighted by Gasteiger charge is 2.20. The van der Waals surface area contributed by atoms with Crippen molar-refractivity contribution in [3.63, 3.8) is 0 Å². The maximum Gasteiger partial charge on any atom is 0.308 e. The smallest absolute Gasteiger partial charge is 0.308 e. The summed E-state index contributed by atoms with van der Waals surface area (Å²) in [6, 6.07) is 11.6. The van der Waals surface area contributed by atoms with E-state index in [1.54, 1.807) is 55.5 Å². The van der Waals surface area contributed by atoms with Crippen LogP contribution in [-0.4, -0.2) is 50.1 Å². The summed E-state index contributed by atoms with van der Waals surface area (Å²) in [5.74, 6) is -0.0524. The normalized spacial score (nSPS) is 11.3. The third kappa shape index (κ3) is 7.98. The summed E-state index contributed by atoms with van der Waals surface area (Å²) >= 11 is 5.91. The zero-order valence-electron chi connectivity index (χ0n) is 19.2. The van der Waals surface area contributed by atoms with E-state index in [0.717, 1.165) is 5.56 Å². The van der Waals surface area contributed by atoms with Gasteiger partial charge in [-0.3, -0.25) is 14.4 Å². The third-order valence-electron chi connectivity index (χ3n) is 4.93. The molecule has 0 fully saturated rings. The van der Waals surface area contributed by atoms with Gasteiger partial charge in [-0.15, -0.1) is 0 Å². The maximum atomic E-state index is 12.6. The molecule has 1 atom stereocenters. The molecule has 2 aromatic carbocycles. The minimum Gasteiger partial charge on any atom is -0.493 e. The van der Waals surface area contributed by atoms with Crippen molar-refractivity contribution in [1.29, 1.82) is 0 Å². The summed E-state index contributed by atoms with van der Waals surface area (Å²) in [7, 11) is 3.10. The molecule has 0 aliphatic heterocycles. The van der Waals surface area contributed by atoms with E-state index in [1.807, 2.05) is 13.0 Å². The molecule has 0 saturated carbocycles. The largest absolute Gasteiger partial charge is 0.493 e. The summed E-state index contributed by atoms with van der Waals surface area (Å²) in [6.07, 6.45) is -0.115. The fraction of sp³-hybridized carbons (Fsp3) is 0.375. The molecule has 2 rings (SSSR count). The van der Waals surface area contributed by atoms with Crippen molar-refractivity contribution in [2.24, 2.45) is 0 Å². The number of likely N-dealkylation sites (N-methyl/N-ethyl adjacent to an activating group) is 1. The van der Waals surface area contributed by atoms with Crippen LogP contribution in [0.15, 0.2) is 42.5 Å². The van der Waals surface area contributed by atoms with Gasteiger partial charge < -0.3 is 24.4 Å². The molecule has 0 aliphatic rings. The van der Waals surface area contributed by atoms with Gasteiger partial charge in [0, 0.05) is 25.0 Å². The lowest BCUT2D eigenvalue weighted by molar-refractivity contribution is -0.152. The van der Waals surface area contributed by atoms with E-state index < -0.39 is 18.6 Å². The Labute approximate surface area is 198 Å². The van der Waals surface area contributed by atoms with E-state index in [0.29, 0.717) is 35.2 Å². The summed E-state index contributed by atoms with van der Waals surface area (Å²) in [6.45, 7) is 3.57. The predicted molar refractivity (Wildman–Crippen MR) is 124 cm³/mol. The van der Waals surface area contributed by atoms with Crippen molar-refractivity contribution in [2.75, 3.05) is 27.4 Å². The first-order valence-electron chi connectivity index (χ1n) is 10.4. The fourth-order valence-corrected chi connectivity index (χ4v) is 3.35. The molecule has 2 aromatic rings. The maximum absolute atomic E-state index is 12.6. The summed E-state index contributed by atoms with van der Waals surface area (Å²) in [4.78, 5) is 38.2. The number of ether oxygens (including phenoxy) is 3. The number of halogens is 1. The standard InChI is InChI=1S/C24H29ClN2O6/c1-5-27(14-17-6-11-21(31-3)22(12-17)32-4)23(29)15-33-24(30)13-20(26-16(2)28)18-7-9-19(25)10-8-18/h6-12,20H,5,13-15H2,1-4H3,(H,26,28). The van der Waals surface area contributed by atoms with Gasteiger partial charge in [0.1, 0.15) is 0 Å². The van der Waals surface area contributed by atoms with E-state index in [-0.39, 0.29) is 18.2 Å². The molecule has 1 N–H and O–H groups in total. The number of benzene rings is 2. The van der Waals surface area contributed by atoms with E-state index in [4.69, 9.17) is 25.8 Å². The minimum absolute atomic E-state index is 0.115. The molecule has 1 unspecified atom stereocenters. The molecular weight excluding hydrogens is 448 g/mol. The highest BCUT2D eigenvalue weighted by atomic mass is 35.5. The highest BCUT2D eigenvalue weighted by molar-refractivity contribution is 6.30. The number of hydrogen-bond donors (Lipinski definition) is 1. The fourth-order valence-electron chi connectivity index (χ4n) is 3.23. The Morgan fingerprint density at radius 3 is 2.27 bits per heavy atom. The average Bonchev–Trinajstić information content (AvgIpc) is 2.80. The van der Waals surface area contributed by atoms with Crippen molar-refractivity contribution in [2.45, 2.75) is 32.9 Å². The molecule has 9 heteroatoms. The first-order chi connectivity index (χ1) is 15.8. The van der Waals surface area contributed by atoms with Crippen molar-refractivity contribution in [3.8, 4) is 11.5 Å². The van der Waals surface area contributed by atoms with Crippen LogP contribution in [0.2, 0.25) is 5.02 Å². The molecule has 0 aliphatic carbocycles. The lowest BCUT2D eigenvalue weighted by atomic mass is 10.0. The van der Waals surface area contributed by atoms with Crippen LogP contribution in [0, 0.1) is 0 Å². The van der Waals surface area contributed by atoms with Crippen molar-refractivity contribution >= 4 is 29.4 Å². The number of amides is 2. The number of nitrogens with one attached hydrogen (secondary N) is 1. The second kappa shape index (κ2) is 12.7. The van der Waals surface area contributed by atoms with Gasteiger partial charge in [-0.25, -0.2) is 0 Å². The first kappa shape index (κ1) is 26.0. The number of nitrogens with zero attached hydrogens (tertiary/aromatic N) is 1. The van der Waals surface area contributed by atoms with Gasteiger partial charge in [0.2, 0.25) is 5.91 Å². The molecule has 33 heavy (non-hydrogen) atoms. The monoisotopic (exact) mass is 476 g/mol. The third-order valence-corrected chi connectivity index (χ3v) is 5.19. The van der Waals surface area contributed by atoms with Crippen LogP contribution in [0.5, 0.6) is 11.5 Å². The SMILES string of the molecule is CCN(Cc1ccc(OC)c(OC)c1)C(=O)COC(=O)CC(NC(C)=O)c1ccc(Cl)cc1. The number of methoxy groups -OCH3 is 2. The highest BCUT2D eigenvalue weighted by Crippen LogP contribution is 2.28. The van der Waals surface area contributed by atoms with Gasteiger partial charge in [-0.05, 0) is 42.3 Å². The summed E-state index contributed by atoms with van der Waals surface area (Å²) in [5.41, 5.74) is 1.56. The van der Waals surface area contributed by atoms with Crippen LogP contribution in [0.1, 0.15) is 37.4 Å². The second-order valence-corrected chi connectivity index (χ2v) is 7.70. The number of hydrogen-bond acceptors (Lipinski definition) is 6. The van der Waals surface area contributed by atoms with Crippen molar-refractivity contribution in [3.05, 3.63) is 58.6 Å². The first-order valence-corrected chi connectivity index (χ1v) is 10.8. The van der Waals surface area contributed by atoms with E-state index >= 15 is 0 Å². The Bertz CT molecular complexity index is 964. The number of carbonyl (C=O) groups is 3. The molecule has 8 nitrogen and oxygen atoms in total. The van der Waals surface area contributed by atoms with Crippen LogP contribution >= 0.6 is 11.6 Å². The van der Waals surface area contributed by atoms with Gasteiger partial charge in [0.15, 0.2) is 18.1 Å². The topological polar surface area (TPSA) is 94.2 Å². The molecule has 0 aromatic heterocycles. The Kier molecular flexibility index (Phi) is 10.00. The number of esters is 1. The number of rotatable bonds is 11. The lowest BCUT2D eigenvalue weighted by Gasteiger charge is -2.22. The molecular formula is C24H29ClN2O6. The average molecular weight is 477 g/mol. The molecule has 0 heterocycles.